The van der Waals surface area contributed by atoms with Crippen molar-refractivity contribution in [2.24, 2.45) is 17.3 Å². The van der Waals surface area contributed by atoms with Gasteiger partial charge in [-0.2, -0.15) is 0 Å². The Bertz CT molecular complexity index is 859. The van der Waals surface area contributed by atoms with Crippen molar-refractivity contribution in [1.29, 1.82) is 0 Å². The minimum atomic E-state index is -1.31. The van der Waals surface area contributed by atoms with E-state index in [1.165, 1.54) is 13.8 Å². The summed E-state index contributed by atoms with van der Waals surface area (Å²) >= 11 is 1.58. The summed E-state index contributed by atoms with van der Waals surface area (Å²) in [5.41, 5.74) is 0.470. The summed E-state index contributed by atoms with van der Waals surface area (Å²) in [5, 5.41) is 43.0. The maximum absolute atomic E-state index is 12.8. The van der Waals surface area contributed by atoms with Gasteiger partial charge in [-0.25, -0.2) is 4.98 Å². The second kappa shape index (κ2) is 13.9. The van der Waals surface area contributed by atoms with Gasteiger partial charge in [0.15, 0.2) is 0 Å². The van der Waals surface area contributed by atoms with Crippen molar-refractivity contribution in [3.8, 4) is 0 Å². The minimum Gasteiger partial charge on any atom is -0.481 e. The molecule has 0 aliphatic rings. The molecule has 0 aromatic carbocycles. The van der Waals surface area contributed by atoms with E-state index in [1.807, 2.05) is 44.4 Å². The summed E-state index contributed by atoms with van der Waals surface area (Å²) in [6.07, 6.45) is 5.44. The quantitative estimate of drug-likeness (QED) is 0.210. The molecule has 1 aromatic rings. The van der Waals surface area contributed by atoms with E-state index in [1.54, 1.807) is 18.3 Å². The molecule has 1 aromatic heterocycles. The van der Waals surface area contributed by atoms with E-state index in [9.17, 15) is 24.9 Å². The van der Waals surface area contributed by atoms with E-state index in [4.69, 9.17) is 5.11 Å². The Hall–Kier alpha value is -1.87. The van der Waals surface area contributed by atoms with E-state index in [-0.39, 0.29) is 11.7 Å². The van der Waals surface area contributed by atoms with Gasteiger partial charge in [0.05, 0.1) is 40.8 Å². The third-order valence-corrected chi connectivity index (χ3v) is 7.23. The third-order valence-electron chi connectivity index (χ3n) is 6.44. The number of aryl methyl sites for hydroxylation is 1. The predicted molar refractivity (Wildman–Crippen MR) is 135 cm³/mol. The molecule has 0 spiro atoms. The lowest BCUT2D eigenvalue weighted by molar-refractivity contribution is -0.147. The minimum absolute atomic E-state index is 0.128. The van der Waals surface area contributed by atoms with E-state index in [0.29, 0.717) is 12.8 Å². The first-order valence-electron chi connectivity index (χ1n) is 11.8. The molecule has 192 valence electrons. The van der Waals surface area contributed by atoms with Gasteiger partial charge in [0, 0.05) is 11.3 Å². The fraction of sp³-hybridized carbons (Fsp3) is 0.654. The fourth-order valence-corrected chi connectivity index (χ4v) is 4.42. The predicted octanol–water partition coefficient (Wildman–Crippen LogP) is 4.40. The van der Waals surface area contributed by atoms with Crippen LogP contribution in [0.25, 0.3) is 6.08 Å². The van der Waals surface area contributed by atoms with Crippen molar-refractivity contribution >= 4 is 29.2 Å². The number of hydrogen-bond donors (Lipinski definition) is 4. The van der Waals surface area contributed by atoms with Crippen LogP contribution in [-0.4, -0.2) is 55.5 Å². The average Bonchev–Trinajstić information content (AvgIpc) is 3.17. The molecule has 2 unspecified atom stereocenters. The molecule has 8 heteroatoms. The van der Waals surface area contributed by atoms with Crippen molar-refractivity contribution in [3.05, 3.63) is 33.8 Å². The summed E-state index contributed by atoms with van der Waals surface area (Å²) in [7, 11) is 0. The van der Waals surface area contributed by atoms with Crippen molar-refractivity contribution in [2.45, 2.75) is 92.0 Å². The van der Waals surface area contributed by atoms with Crippen LogP contribution in [0.4, 0.5) is 0 Å². The zero-order valence-corrected chi connectivity index (χ0v) is 22.0. The maximum atomic E-state index is 12.8. The number of carboxylic acid groups (broad SMARTS) is 1. The molecule has 0 saturated carbocycles. The number of aliphatic hydroxyl groups excluding tert-OH is 3. The summed E-state index contributed by atoms with van der Waals surface area (Å²) in [6, 6.07) is 0. The molecular weight excluding hydrogens is 454 g/mol. The Kier molecular flexibility index (Phi) is 12.3. The third kappa shape index (κ3) is 9.41. The number of ketones is 1. The number of unbranched alkanes of at least 4 members (excludes halogenated alkanes) is 1. The standard InChI is InChI=1S/C26H41NO6S/c1-16(24(32)18(3)25(33)26(5,6)22(29)14-23(30)31)11-9-7-8-10-12-21(28)17(2)13-20-15-34-19(4)27-20/h8,10,13,15-16,18,21-22,24,28-29,32H,7,9,11-12,14H2,1-6H3,(H,30,31)/b10-8-,17-13+/t16?,18-,21?,22+,24+/m1/s1. The number of aromatic nitrogens is 1. The number of thiazole rings is 1. The van der Waals surface area contributed by atoms with Gasteiger partial charge < -0.3 is 20.4 Å². The van der Waals surface area contributed by atoms with Gasteiger partial charge >= 0.3 is 5.97 Å². The van der Waals surface area contributed by atoms with Crippen molar-refractivity contribution in [3.63, 3.8) is 0 Å². The molecule has 0 saturated heterocycles. The molecule has 1 rings (SSSR count). The van der Waals surface area contributed by atoms with Crippen LogP contribution in [0.1, 0.15) is 77.4 Å². The van der Waals surface area contributed by atoms with Crippen LogP contribution in [0.3, 0.4) is 0 Å². The molecular formula is C26H41NO6S. The van der Waals surface area contributed by atoms with E-state index in [0.717, 1.165) is 29.1 Å². The number of Topliss-reactive ketones (excluding diaryl/α,β-unsaturated/α-hetero) is 1. The molecule has 0 aliphatic heterocycles. The average molecular weight is 496 g/mol. The highest BCUT2D eigenvalue weighted by molar-refractivity contribution is 7.09. The first-order valence-corrected chi connectivity index (χ1v) is 12.7. The molecule has 0 radical (unpaired) electrons. The highest BCUT2D eigenvalue weighted by atomic mass is 32.1. The summed E-state index contributed by atoms with van der Waals surface area (Å²) in [6.45, 7) is 10.4. The van der Waals surface area contributed by atoms with Gasteiger partial charge in [-0.1, -0.05) is 39.8 Å². The van der Waals surface area contributed by atoms with Crippen LogP contribution in [0, 0.1) is 24.2 Å². The number of nitrogens with zero attached hydrogens (tertiary/aromatic N) is 1. The molecule has 1 heterocycles. The number of rotatable bonds is 15. The topological polar surface area (TPSA) is 128 Å². The monoisotopic (exact) mass is 495 g/mol. The van der Waals surface area contributed by atoms with Crippen LogP contribution in [-0.2, 0) is 9.59 Å². The smallest absolute Gasteiger partial charge is 0.306 e. The molecule has 0 fully saturated rings. The van der Waals surface area contributed by atoms with Gasteiger partial charge in [-0.15, -0.1) is 11.3 Å². The lowest BCUT2D eigenvalue weighted by Crippen LogP contribution is -2.45. The Morgan fingerprint density at radius 3 is 2.38 bits per heavy atom. The largest absolute Gasteiger partial charge is 0.481 e. The summed E-state index contributed by atoms with van der Waals surface area (Å²) in [5.74, 6) is -2.35. The Balaban J connectivity index is 2.45. The van der Waals surface area contributed by atoms with Crippen LogP contribution in [0.2, 0.25) is 0 Å². The van der Waals surface area contributed by atoms with Gasteiger partial charge in [0.2, 0.25) is 0 Å². The molecule has 4 N–H and O–H groups in total. The molecule has 5 atom stereocenters. The van der Waals surface area contributed by atoms with Gasteiger partial charge in [0.1, 0.15) is 5.78 Å². The first-order chi connectivity index (χ1) is 15.8. The SMILES string of the molecule is C/C(=C\c1csc(C)n1)C(O)C/C=C\CCCC(C)[C@H](O)[C@@H](C)C(=O)C(C)(C)[C@@H](O)CC(=O)O. The zero-order valence-electron chi connectivity index (χ0n) is 21.2. The first kappa shape index (κ1) is 30.2. The summed E-state index contributed by atoms with van der Waals surface area (Å²) < 4.78 is 0. The second-order valence-corrected chi connectivity index (χ2v) is 10.9. The molecule has 7 nitrogen and oxygen atoms in total. The summed E-state index contributed by atoms with van der Waals surface area (Å²) in [4.78, 5) is 28.1. The zero-order chi connectivity index (χ0) is 26.1. The van der Waals surface area contributed by atoms with Crippen molar-refractivity contribution < 1.29 is 30.0 Å². The molecule has 34 heavy (non-hydrogen) atoms. The van der Waals surface area contributed by atoms with Crippen LogP contribution in [0.15, 0.2) is 23.1 Å². The maximum Gasteiger partial charge on any atom is 0.306 e. The van der Waals surface area contributed by atoms with Crippen molar-refractivity contribution in [1.82, 2.24) is 4.98 Å². The lowest BCUT2D eigenvalue weighted by atomic mass is 9.73. The van der Waals surface area contributed by atoms with Crippen LogP contribution in [0.5, 0.6) is 0 Å². The molecule has 0 amide bonds. The molecule has 0 aliphatic carbocycles. The van der Waals surface area contributed by atoms with E-state index >= 15 is 0 Å². The molecule has 0 bridgehead atoms. The van der Waals surface area contributed by atoms with Gasteiger partial charge in [0.25, 0.3) is 0 Å². The van der Waals surface area contributed by atoms with Crippen molar-refractivity contribution in [2.75, 3.05) is 0 Å². The Morgan fingerprint density at radius 1 is 1.18 bits per heavy atom. The highest BCUT2D eigenvalue weighted by Crippen LogP contribution is 2.31. The number of aliphatic hydroxyl groups is 3. The normalized spacial score (nSPS) is 17.4. The lowest BCUT2D eigenvalue weighted by Gasteiger charge is -2.34. The Morgan fingerprint density at radius 2 is 1.82 bits per heavy atom. The van der Waals surface area contributed by atoms with E-state index < -0.39 is 42.0 Å². The number of carboxylic acids is 1. The van der Waals surface area contributed by atoms with Gasteiger partial charge in [-0.3, -0.25) is 9.59 Å². The fourth-order valence-electron chi connectivity index (χ4n) is 3.85. The van der Waals surface area contributed by atoms with Crippen LogP contribution < -0.4 is 0 Å². The highest BCUT2D eigenvalue weighted by Gasteiger charge is 2.41. The van der Waals surface area contributed by atoms with Gasteiger partial charge in [-0.05, 0) is 57.1 Å². The van der Waals surface area contributed by atoms with E-state index in [2.05, 4.69) is 4.98 Å². The number of carbonyl (C=O) groups is 2. The number of aliphatic carboxylic acids is 1. The Labute approximate surface area is 207 Å². The number of hydrogen-bond acceptors (Lipinski definition) is 7. The van der Waals surface area contributed by atoms with Crippen LogP contribution >= 0.6 is 11.3 Å². The second-order valence-electron chi connectivity index (χ2n) is 9.79. The number of carbonyl (C=O) groups excluding carboxylic acids is 1. The number of allylic oxidation sites excluding steroid dienone is 1.